The van der Waals surface area contributed by atoms with Gasteiger partial charge in [0.1, 0.15) is 5.75 Å². The minimum Gasteiger partial charge on any atom is -0.508 e. The van der Waals surface area contributed by atoms with Crippen LogP contribution in [-0.4, -0.2) is 27.9 Å². The lowest BCUT2D eigenvalue weighted by atomic mass is 10.1. The molecule has 0 bridgehead atoms. The van der Waals surface area contributed by atoms with Crippen LogP contribution in [-0.2, 0) is 17.8 Å². The number of carbonyl (C=O) groups excluding carboxylic acids is 1. The number of amides is 1. The van der Waals surface area contributed by atoms with Crippen LogP contribution in [0.3, 0.4) is 0 Å². The average Bonchev–Trinajstić information content (AvgIpc) is 2.98. The lowest BCUT2D eigenvalue weighted by molar-refractivity contribution is -0.130. The van der Waals surface area contributed by atoms with Gasteiger partial charge in [0.2, 0.25) is 5.91 Å². The van der Waals surface area contributed by atoms with Crippen LogP contribution in [0.2, 0.25) is 0 Å². The molecular formula is C19H20N2O2. The van der Waals surface area contributed by atoms with E-state index in [1.165, 1.54) is 5.39 Å². The van der Waals surface area contributed by atoms with Crippen molar-refractivity contribution in [2.24, 2.45) is 0 Å². The molecule has 0 atom stereocenters. The van der Waals surface area contributed by atoms with Crippen molar-refractivity contribution in [1.29, 1.82) is 0 Å². The predicted octanol–water partition coefficient (Wildman–Crippen LogP) is 3.46. The van der Waals surface area contributed by atoms with E-state index in [-0.39, 0.29) is 11.7 Å². The van der Waals surface area contributed by atoms with Crippen molar-refractivity contribution in [3.05, 3.63) is 65.9 Å². The van der Waals surface area contributed by atoms with E-state index in [4.69, 9.17) is 0 Å². The summed E-state index contributed by atoms with van der Waals surface area (Å²) in [5.74, 6) is 0.294. The van der Waals surface area contributed by atoms with E-state index in [0.717, 1.165) is 16.6 Å². The lowest BCUT2D eigenvalue weighted by Crippen LogP contribution is -2.26. The Kier molecular flexibility index (Phi) is 4.33. The second-order valence-electron chi connectivity index (χ2n) is 5.74. The molecule has 4 heteroatoms. The number of phenols is 1. The number of nitrogens with zero attached hydrogens (tertiary/aromatic N) is 1. The highest BCUT2D eigenvalue weighted by molar-refractivity contribution is 5.84. The summed E-state index contributed by atoms with van der Waals surface area (Å²) in [6, 6.07) is 15.2. The maximum Gasteiger partial charge on any atom is 0.222 e. The molecule has 2 N–H and O–H groups in total. The standard InChI is InChI=1S/C19H20N2O2/c1-21(13-15-6-2-5-9-18(15)22)19(23)11-10-14-12-20-17-8-4-3-7-16(14)17/h2-9,12,20,22H,10-11,13H2,1H3. The molecule has 0 fully saturated rings. The van der Waals surface area contributed by atoms with Crippen molar-refractivity contribution in [3.63, 3.8) is 0 Å². The average molecular weight is 308 g/mol. The number of aromatic nitrogens is 1. The summed E-state index contributed by atoms with van der Waals surface area (Å²) >= 11 is 0. The van der Waals surface area contributed by atoms with Crippen molar-refractivity contribution < 1.29 is 9.90 Å². The van der Waals surface area contributed by atoms with Crippen LogP contribution >= 0.6 is 0 Å². The Labute approximate surface area is 135 Å². The molecule has 23 heavy (non-hydrogen) atoms. The highest BCUT2D eigenvalue weighted by atomic mass is 16.3. The van der Waals surface area contributed by atoms with Crippen LogP contribution in [0.5, 0.6) is 5.75 Å². The van der Waals surface area contributed by atoms with E-state index in [0.29, 0.717) is 19.4 Å². The van der Waals surface area contributed by atoms with Gasteiger partial charge in [-0.15, -0.1) is 0 Å². The Balaban J connectivity index is 1.62. The van der Waals surface area contributed by atoms with E-state index in [1.807, 2.05) is 36.5 Å². The zero-order valence-corrected chi connectivity index (χ0v) is 13.1. The van der Waals surface area contributed by atoms with E-state index < -0.39 is 0 Å². The van der Waals surface area contributed by atoms with Gasteiger partial charge >= 0.3 is 0 Å². The summed E-state index contributed by atoms with van der Waals surface area (Å²) in [6.07, 6.45) is 3.13. The van der Waals surface area contributed by atoms with Crippen LogP contribution < -0.4 is 0 Å². The van der Waals surface area contributed by atoms with Gasteiger partial charge in [-0.2, -0.15) is 0 Å². The summed E-state index contributed by atoms with van der Waals surface area (Å²) in [6.45, 7) is 0.416. The number of benzene rings is 2. The minimum absolute atomic E-state index is 0.0681. The van der Waals surface area contributed by atoms with Gasteiger partial charge in [0.15, 0.2) is 0 Å². The summed E-state index contributed by atoms with van der Waals surface area (Å²) in [5, 5.41) is 11.0. The number of aromatic amines is 1. The van der Waals surface area contributed by atoms with Crippen molar-refractivity contribution in [3.8, 4) is 5.75 Å². The molecule has 2 aromatic carbocycles. The number of hydrogen-bond acceptors (Lipinski definition) is 2. The molecule has 0 aliphatic carbocycles. The predicted molar refractivity (Wildman–Crippen MR) is 91.2 cm³/mol. The molecule has 0 spiro atoms. The number of aromatic hydroxyl groups is 1. The molecule has 1 aromatic heterocycles. The first-order valence-corrected chi connectivity index (χ1v) is 7.71. The highest BCUT2D eigenvalue weighted by Gasteiger charge is 2.12. The first-order valence-electron chi connectivity index (χ1n) is 7.71. The third kappa shape index (κ3) is 3.37. The van der Waals surface area contributed by atoms with Crippen LogP contribution in [0.15, 0.2) is 54.7 Å². The second-order valence-corrected chi connectivity index (χ2v) is 5.74. The normalized spacial score (nSPS) is 10.8. The van der Waals surface area contributed by atoms with Crippen molar-refractivity contribution in [2.75, 3.05) is 7.05 Å². The molecule has 0 aliphatic rings. The maximum absolute atomic E-state index is 12.3. The topological polar surface area (TPSA) is 56.3 Å². The number of H-pyrrole nitrogens is 1. The molecule has 118 valence electrons. The fourth-order valence-electron chi connectivity index (χ4n) is 2.76. The number of carbonyl (C=O) groups is 1. The second kappa shape index (κ2) is 6.57. The van der Waals surface area contributed by atoms with Gasteiger partial charge in [-0.3, -0.25) is 4.79 Å². The molecule has 0 saturated carbocycles. The van der Waals surface area contributed by atoms with Gasteiger partial charge in [0, 0.05) is 42.7 Å². The van der Waals surface area contributed by atoms with E-state index in [9.17, 15) is 9.90 Å². The number of para-hydroxylation sites is 2. The van der Waals surface area contributed by atoms with Crippen LogP contribution in [0.1, 0.15) is 17.5 Å². The van der Waals surface area contributed by atoms with Gasteiger partial charge in [0.05, 0.1) is 0 Å². The van der Waals surface area contributed by atoms with Gasteiger partial charge < -0.3 is 15.0 Å². The van der Waals surface area contributed by atoms with Crippen LogP contribution in [0, 0.1) is 0 Å². The zero-order valence-electron chi connectivity index (χ0n) is 13.1. The lowest BCUT2D eigenvalue weighted by Gasteiger charge is -2.17. The molecule has 0 aliphatic heterocycles. The molecule has 3 aromatic rings. The molecular weight excluding hydrogens is 288 g/mol. The smallest absolute Gasteiger partial charge is 0.222 e. The van der Waals surface area contributed by atoms with Crippen molar-refractivity contribution in [1.82, 2.24) is 9.88 Å². The molecule has 4 nitrogen and oxygen atoms in total. The minimum atomic E-state index is 0.0681. The Hall–Kier alpha value is -2.75. The Morgan fingerprint density at radius 1 is 1.09 bits per heavy atom. The summed E-state index contributed by atoms with van der Waals surface area (Å²) < 4.78 is 0. The first kappa shape index (κ1) is 15.2. The number of hydrogen-bond donors (Lipinski definition) is 2. The number of fused-ring (bicyclic) bond motifs is 1. The van der Waals surface area contributed by atoms with Gasteiger partial charge in [-0.1, -0.05) is 36.4 Å². The molecule has 0 unspecified atom stereocenters. The van der Waals surface area contributed by atoms with E-state index in [1.54, 1.807) is 24.1 Å². The van der Waals surface area contributed by atoms with Crippen LogP contribution in [0.25, 0.3) is 10.9 Å². The number of phenolic OH excluding ortho intramolecular Hbond substituents is 1. The van der Waals surface area contributed by atoms with Gasteiger partial charge in [-0.05, 0) is 24.1 Å². The Morgan fingerprint density at radius 3 is 2.65 bits per heavy atom. The maximum atomic E-state index is 12.3. The Morgan fingerprint density at radius 2 is 1.83 bits per heavy atom. The van der Waals surface area contributed by atoms with Gasteiger partial charge in [0.25, 0.3) is 0 Å². The van der Waals surface area contributed by atoms with Crippen LogP contribution in [0.4, 0.5) is 0 Å². The quantitative estimate of drug-likeness (QED) is 0.758. The molecule has 1 amide bonds. The number of nitrogens with one attached hydrogen (secondary N) is 1. The number of rotatable bonds is 5. The zero-order chi connectivity index (χ0) is 16.2. The monoisotopic (exact) mass is 308 g/mol. The highest BCUT2D eigenvalue weighted by Crippen LogP contribution is 2.20. The largest absolute Gasteiger partial charge is 0.508 e. The third-order valence-corrected chi connectivity index (χ3v) is 4.11. The summed E-state index contributed by atoms with van der Waals surface area (Å²) in [4.78, 5) is 17.2. The summed E-state index contributed by atoms with van der Waals surface area (Å²) in [5.41, 5.74) is 3.01. The van der Waals surface area contributed by atoms with Crippen molar-refractivity contribution in [2.45, 2.75) is 19.4 Å². The fourth-order valence-corrected chi connectivity index (χ4v) is 2.76. The molecule has 0 saturated heterocycles. The van der Waals surface area contributed by atoms with E-state index in [2.05, 4.69) is 11.1 Å². The molecule has 0 radical (unpaired) electrons. The number of aryl methyl sites for hydroxylation is 1. The fraction of sp³-hybridized carbons (Fsp3) is 0.211. The van der Waals surface area contributed by atoms with E-state index >= 15 is 0 Å². The molecule has 1 heterocycles. The SMILES string of the molecule is CN(Cc1ccccc1O)C(=O)CCc1c[nH]c2ccccc12. The van der Waals surface area contributed by atoms with Gasteiger partial charge in [-0.25, -0.2) is 0 Å². The Bertz CT molecular complexity index is 823. The van der Waals surface area contributed by atoms with Crippen molar-refractivity contribution >= 4 is 16.8 Å². The first-order chi connectivity index (χ1) is 11.1. The third-order valence-electron chi connectivity index (χ3n) is 4.11. The summed E-state index contributed by atoms with van der Waals surface area (Å²) in [7, 11) is 1.77. The molecule has 3 rings (SSSR count).